The molecule has 0 spiro atoms. The zero-order chi connectivity index (χ0) is 15.1. The van der Waals surface area contributed by atoms with Crippen molar-refractivity contribution in [1.29, 1.82) is 0 Å². The van der Waals surface area contributed by atoms with E-state index < -0.39 is 0 Å². The SMILES string of the molecule is CNC(c1ccccc1F)c1ccccc1OCCOC. The Hall–Kier alpha value is -1.91. The third-order valence-corrected chi connectivity index (χ3v) is 3.28. The van der Waals surface area contributed by atoms with Gasteiger partial charge in [0.15, 0.2) is 0 Å². The quantitative estimate of drug-likeness (QED) is 0.794. The van der Waals surface area contributed by atoms with E-state index in [-0.39, 0.29) is 11.9 Å². The number of hydrogen-bond donors (Lipinski definition) is 1. The summed E-state index contributed by atoms with van der Waals surface area (Å²) < 4.78 is 24.8. The van der Waals surface area contributed by atoms with Gasteiger partial charge in [0.2, 0.25) is 0 Å². The topological polar surface area (TPSA) is 30.5 Å². The first-order valence-corrected chi connectivity index (χ1v) is 6.90. The van der Waals surface area contributed by atoms with Crippen LogP contribution in [0.1, 0.15) is 17.2 Å². The molecule has 21 heavy (non-hydrogen) atoms. The minimum absolute atomic E-state index is 0.233. The van der Waals surface area contributed by atoms with Gasteiger partial charge in [-0.05, 0) is 19.2 Å². The minimum atomic E-state index is -0.259. The van der Waals surface area contributed by atoms with Gasteiger partial charge in [-0.15, -0.1) is 0 Å². The second-order valence-electron chi connectivity index (χ2n) is 4.62. The number of halogens is 1. The second kappa shape index (κ2) is 7.76. The standard InChI is InChI=1S/C17H20FNO2/c1-19-17(13-7-3-5-9-15(13)18)14-8-4-6-10-16(14)21-12-11-20-2/h3-10,17,19H,11-12H2,1-2H3. The van der Waals surface area contributed by atoms with Crippen LogP contribution < -0.4 is 10.1 Å². The van der Waals surface area contributed by atoms with E-state index in [4.69, 9.17) is 9.47 Å². The summed E-state index contributed by atoms with van der Waals surface area (Å²) in [5.41, 5.74) is 1.50. The molecule has 0 amide bonds. The van der Waals surface area contributed by atoms with Gasteiger partial charge in [-0.3, -0.25) is 0 Å². The molecule has 0 heterocycles. The molecule has 2 rings (SSSR count). The first-order valence-electron chi connectivity index (χ1n) is 6.90. The normalized spacial score (nSPS) is 12.1. The van der Waals surface area contributed by atoms with Gasteiger partial charge < -0.3 is 14.8 Å². The first kappa shape index (κ1) is 15.5. The molecule has 0 fully saturated rings. The lowest BCUT2D eigenvalue weighted by Gasteiger charge is -2.21. The lowest BCUT2D eigenvalue weighted by atomic mass is 9.97. The number of ether oxygens (including phenoxy) is 2. The molecule has 0 aliphatic rings. The van der Waals surface area contributed by atoms with E-state index in [2.05, 4.69) is 5.32 Å². The Labute approximate surface area is 124 Å². The van der Waals surface area contributed by atoms with Crippen LogP contribution in [-0.4, -0.2) is 27.4 Å². The third kappa shape index (κ3) is 3.80. The summed E-state index contributed by atoms with van der Waals surface area (Å²) in [5, 5.41) is 3.16. The van der Waals surface area contributed by atoms with Crippen LogP contribution >= 0.6 is 0 Å². The van der Waals surface area contributed by atoms with Crippen LogP contribution in [0.4, 0.5) is 4.39 Å². The van der Waals surface area contributed by atoms with Gasteiger partial charge in [0.25, 0.3) is 0 Å². The zero-order valence-corrected chi connectivity index (χ0v) is 12.3. The Morgan fingerprint density at radius 1 is 1.00 bits per heavy atom. The van der Waals surface area contributed by atoms with E-state index in [9.17, 15) is 4.39 Å². The predicted molar refractivity (Wildman–Crippen MR) is 81.1 cm³/mol. The van der Waals surface area contributed by atoms with Crippen molar-refractivity contribution in [2.24, 2.45) is 0 Å². The number of rotatable bonds is 7. The van der Waals surface area contributed by atoms with Crippen LogP contribution in [0.5, 0.6) is 5.75 Å². The highest BCUT2D eigenvalue weighted by Gasteiger charge is 2.19. The fourth-order valence-electron chi connectivity index (χ4n) is 2.27. The van der Waals surface area contributed by atoms with Crippen molar-refractivity contribution in [2.45, 2.75) is 6.04 Å². The van der Waals surface area contributed by atoms with Crippen molar-refractivity contribution in [1.82, 2.24) is 5.32 Å². The summed E-state index contributed by atoms with van der Waals surface area (Å²) in [4.78, 5) is 0. The smallest absolute Gasteiger partial charge is 0.128 e. The molecule has 2 aromatic rings. The molecule has 0 aromatic heterocycles. The van der Waals surface area contributed by atoms with Gasteiger partial charge in [0.1, 0.15) is 18.2 Å². The Kier molecular flexibility index (Phi) is 5.72. The number of benzene rings is 2. The van der Waals surface area contributed by atoms with Gasteiger partial charge in [0.05, 0.1) is 12.6 Å². The molecule has 0 aliphatic carbocycles. The summed E-state index contributed by atoms with van der Waals surface area (Å²) in [6, 6.07) is 14.2. The fourth-order valence-corrected chi connectivity index (χ4v) is 2.27. The molecule has 0 bridgehead atoms. The average Bonchev–Trinajstić information content (AvgIpc) is 2.51. The summed E-state index contributed by atoms with van der Waals surface area (Å²) >= 11 is 0. The van der Waals surface area contributed by atoms with Crippen molar-refractivity contribution in [3.8, 4) is 5.75 Å². The van der Waals surface area contributed by atoms with Crippen molar-refractivity contribution in [3.63, 3.8) is 0 Å². The molecule has 1 atom stereocenters. The fraction of sp³-hybridized carbons (Fsp3) is 0.294. The van der Waals surface area contributed by atoms with Crippen LogP contribution in [0.2, 0.25) is 0 Å². The minimum Gasteiger partial charge on any atom is -0.491 e. The van der Waals surface area contributed by atoms with Gasteiger partial charge in [-0.1, -0.05) is 36.4 Å². The monoisotopic (exact) mass is 289 g/mol. The number of para-hydroxylation sites is 1. The van der Waals surface area contributed by atoms with Crippen molar-refractivity contribution < 1.29 is 13.9 Å². The van der Waals surface area contributed by atoms with Crippen LogP contribution in [0.15, 0.2) is 48.5 Å². The van der Waals surface area contributed by atoms with Gasteiger partial charge in [-0.25, -0.2) is 4.39 Å². The highest BCUT2D eigenvalue weighted by atomic mass is 19.1. The third-order valence-electron chi connectivity index (χ3n) is 3.28. The van der Waals surface area contributed by atoms with E-state index in [0.29, 0.717) is 18.8 Å². The molecule has 2 aromatic carbocycles. The van der Waals surface area contributed by atoms with Gasteiger partial charge in [-0.2, -0.15) is 0 Å². The van der Waals surface area contributed by atoms with E-state index in [1.54, 1.807) is 19.2 Å². The van der Waals surface area contributed by atoms with Crippen molar-refractivity contribution in [2.75, 3.05) is 27.4 Å². The Morgan fingerprint density at radius 3 is 2.33 bits per heavy atom. The van der Waals surface area contributed by atoms with Crippen molar-refractivity contribution in [3.05, 3.63) is 65.5 Å². The maximum Gasteiger partial charge on any atom is 0.128 e. The number of methoxy groups -OCH3 is 1. The van der Waals surface area contributed by atoms with E-state index >= 15 is 0 Å². The van der Waals surface area contributed by atoms with Crippen LogP contribution in [0, 0.1) is 5.82 Å². The lowest BCUT2D eigenvalue weighted by molar-refractivity contribution is 0.145. The van der Waals surface area contributed by atoms with E-state index in [1.807, 2.05) is 37.4 Å². The molecule has 3 nitrogen and oxygen atoms in total. The molecule has 0 radical (unpaired) electrons. The Morgan fingerprint density at radius 2 is 1.67 bits per heavy atom. The molecule has 1 N–H and O–H groups in total. The second-order valence-corrected chi connectivity index (χ2v) is 4.62. The maximum absolute atomic E-state index is 14.0. The lowest BCUT2D eigenvalue weighted by Crippen LogP contribution is -2.20. The number of nitrogens with one attached hydrogen (secondary N) is 1. The van der Waals surface area contributed by atoms with Crippen LogP contribution in [0.3, 0.4) is 0 Å². The Bertz CT molecular complexity index is 574. The molecule has 4 heteroatoms. The van der Waals surface area contributed by atoms with Crippen molar-refractivity contribution >= 4 is 0 Å². The summed E-state index contributed by atoms with van der Waals surface area (Å²) in [5.74, 6) is 0.501. The van der Waals surface area contributed by atoms with Crippen LogP contribution in [0.25, 0.3) is 0 Å². The molecule has 0 aliphatic heterocycles. The van der Waals surface area contributed by atoms with E-state index in [1.165, 1.54) is 6.07 Å². The highest BCUT2D eigenvalue weighted by Crippen LogP contribution is 2.31. The highest BCUT2D eigenvalue weighted by molar-refractivity contribution is 5.42. The first-order chi connectivity index (χ1) is 10.3. The predicted octanol–water partition coefficient (Wildman–Crippen LogP) is 3.16. The molecular formula is C17H20FNO2. The molecule has 0 saturated carbocycles. The average molecular weight is 289 g/mol. The van der Waals surface area contributed by atoms with Crippen LogP contribution in [-0.2, 0) is 4.74 Å². The summed E-state index contributed by atoms with van der Waals surface area (Å²) in [7, 11) is 3.44. The zero-order valence-electron chi connectivity index (χ0n) is 12.3. The Balaban J connectivity index is 2.32. The number of hydrogen-bond acceptors (Lipinski definition) is 3. The maximum atomic E-state index is 14.0. The summed E-state index contributed by atoms with van der Waals surface area (Å²) in [6.45, 7) is 0.972. The molecule has 112 valence electrons. The largest absolute Gasteiger partial charge is 0.491 e. The molecule has 1 unspecified atom stereocenters. The molecule has 0 saturated heterocycles. The molecular weight excluding hydrogens is 269 g/mol. The van der Waals surface area contributed by atoms with Gasteiger partial charge >= 0.3 is 0 Å². The van der Waals surface area contributed by atoms with Gasteiger partial charge in [0, 0.05) is 18.2 Å². The summed E-state index contributed by atoms with van der Waals surface area (Å²) in [6.07, 6.45) is 0. The van der Waals surface area contributed by atoms with E-state index in [0.717, 1.165) is 11.3 Å².